The first-order valence-corrected chi connectivity index (χ1v) is 7.47. The number of benzene rings is 2. The second-order valence-electron chi connectivity index (χ2n) is 5.90. The molecule has 0 saturated heterocycles. The van der Waals surface area contributed by atoms with Crippen LogP contribution >= 0.6 is 0 Å². The van der Waals surface area contributed by atoms with Crippen molar-refractivity contribution >= 4 is 5.78 Å². The Balaban J connectivity index is 2.41. The molecule has 2 rings (SSSR count). The summed E-state index contributed by atoms with van der Waals surface area (Å²) in [4.78, 5) is 11.7. The van der Waals surface area contributed by atoms with Gasteiger partial charge in [0, 0.05) is 12.7 Å². The SMILES string of the molecule is COCc1cc(Cc2cc(C)c(O)c(C(C)=O)c2)cc(C)c1O. The Morgan fingerprint density at radius 1 is 1.00 bits per heavy atom. The Morgan fingerprint density at radius 3 is 2.13 bits per heavy atom. The summed E-state index contributed by atoms with van der Waals surface area (Å²) in [6.45, 7) is 5.41. The smallest absolute Gasteiger partial charge is 0.163 e. The lowest BCUT2D eigenvalue weighted by Crippen LogP contribution is -2.00. The first kappa shape index (κ1) is 17.0. The van der Waals surface area contributed by atoms with Crippen LogP contribution in [0.3, 0.4) is 0 Å². The quantitative estimate of drug-likeness (QED) is 0.827. The first-order valence-electron chi connectivity index (χ1n) is 7.47. The highest BCUT2D eigenvalue weighted by atomic mass is 16.5. The fourth-order valence-corrected chi connectivity index (χ4v) is 2.76. The molecule has 4 heteroatoms. The number of aromatic hydroxyl groups is 2. The molecule has 0 fully saturated rings. The van der Waals surface area contributed by atoms with Gasteiger partial charge in [-0.15, -0.1) is 0 Å². The number of methoxy groups -OCH3 is 1. The molecule has 0 aromatic heterocycles. The van der Waals surface area contributed by atoms with E-state index in [0.717, 1.165) is 22.3 Å². The topological polar surface area (TPSA) is 66.8 Å². The number of hydrogen-bond acceptors (Lipinski definition) is 4. The van der Waals surface area contributed by atoms with Gasteiger partial charge in [-0.3, -0.25) is 4.79 Å². The number of carbonyl (C=O) groups is 1. The number of ether oxygens (including phenoxy) is 1. The molecule has 0 saturated carbocycles. The predicted octanol–water partition coefficient (Wildman–Crippen LogP) is 3.65. The summed E-state index contributed by atoms with van der Waals surface area (Å²) in [6.07, 6.45) is 0.610. The maximum atomic E-state index is 11.7. The standard InChI is InChI=1S/C19H22O4/c1-11-5-14(8-16(10-23-4)18(11)21)7-15-6-12(2)19(22)17(9-15)13(3)20/h5-6,8-9,21-22H,7,10H2,1-4H3. The number of rotatable bonds is 5. The third-order valence-electron chi connectivity index (χ3n) is 3.89. The van der Waals surface area contributed by atoms with Gasteiger partial charge in [0.15, 0.2) is 5.78 Å². The molecule has 0 aliphatic rings. The van der Waals surface area contributed by atoms with Crippen LogP contribution in [0.15, 0.2) is 24.3 Å². The molecule has 2 aromatic rings. The van der Waals surface area contributed by atoms with E-state index in [1.165, 1.54) is 6.92 Å². The number of aryl methyl sites for hydroxylation is 2. The molecule has 0 radical (unpaired) electrons. The highest BCUT2D eigenvalue weighted by molar-refractivity contribution is 5.97. The minimum atomic E-state index is -0.158. The van der Waals surface area contributed by atoms with Crippen LogP contribution in [0.1, 0.15) is 45.1 Å². The molecule has 0 heterocycles. The number of ketones is 1. The molecule has 0 unspecified atom stereocenters. The maximum absolute atomic E-state index is 11.7. The zero-order chi connectivity index (χ0) is 17.1. The highest BCUT2D eigenvalue weighted by Gasteiger charge is 2.13. The van der Waals surface area contributed by atoms with Gasteiger partial charge in [-0.05, 0) is 61.6 Å². The average molecular weight is 314 g/mol. The Bertz CT molecular complexity index is 748. The normalized spacial score (nSPS) is 10.8. The number of hydrogen-bond donors (Lipinski definition) is 2. The van der Waals surface area contributed by atoms with Crippen molar-refractivity contribution in [2.75, 3.05) is 7.11 Å². The molecule has 0 aliphatic carbocycles. The van der Waals surface area contributed by atoms with Gasteiger partial charge in [0.05, 0.1) is 12.2 Å². The first-order chi connectivity index (χ1) is 10.8. The van der Waals surface area contributed by atoms with Crippen LogP contribution in [0.5, 0.6) is 11.5 Å². The van der Waals surface area contributed by atoms with E-state index in [1.54, 1.807) is 20.1 Å². The van der Waals surface area contributed by atoms with E-state index >= 15 is 0 Å². The van der Waals surface area contributed by atoms with Crippen molar-refractivity contribution in [1.29, 1.82) is 0 Å². The van der Waals surface area contributed by atoms with Crippen molar-refractivity contribution in [3.05, 3.63) is 57.6 Å². The van der Waals surface area contributed by atoms with E-state index in [4.69, 9.17) is 4.74 Å². The molecule has 122 valence electrons. The maximum Gasteiger partial charge on any atom is 0.163 e. The van der Waals surface area contributed by atoms with Crippen LogP contribution in [-0.4, -0.2) is 23.1 Å². The van der Waals surface area contributed by atoms with Crippen molar-refractivity contribution in [2.24, 2.45) is 0 Å². The third-order valence-corrected chi connectivity index (χ3v) is 3.89. The average Bonchev–Trinajstić information content (AvgIpc) is 2.47. The van der Waals surface area contributed by atoms with Crippen LogP contribution < -0.4 is 0 Å². The van der Waals surface area contributed by atoms with Gasteiger partial charge < -0.3 is 14.9 Å². The lowest BCUT2D eigenvalue weighted by Gasteiger charge is -2.12. The van der Waals surface area contributed by atoms with Crippen LogP contribution in [-0.2, 0) is 17.8 Å². The molecular formula is C19H22O4. The lowest BCUT2D eigenvalue weighted by atomic mass is 9.95. The van der Waals surface area contributed by atoms with Crippen molar-refractivity contribution in [3.8, 4) is 11.5 Å². The Hall–Kier alpha value is -2.33. The van der Waals surface area contributed by atoms with Crippen molar-refractivity contribution < 1.29 is 19.7 Å². The summed E-state index contributed by atoms with van der Waals surface area (Å²) in [5, 5.41) is 20.0. The second kappa shape index (κ2) is 6.84. The summed E-state index contributed by atoms with van der Waals surface area (Å²) < 4.78 is 5.12. The highest BCUT2D eigenvalue weighted by Crippen LogP contribution is 2.28. The van der Waals surface area contributed by atoms with Crippen LogP contribution in [0.2, 0.25) is 0 Å². The molecule has 2 aromatic carbocycles. The molecule has 0 spiro atoms. The van der Waals surface area contributed by atoms with Crippen LogP contribution in [0.4, 0.5) is 0 Å². The van der Waals surface area contributed by atoms with E-state index in [1.807, 2.05) is 25.1 Å². The number of phenolic OH excluding ortho intramolecular Hbond substituents is 2. The summed E-state index contributed by atoms with van der Waals surface area (Å²) in [5.41, 5.74) is 4.51. The Labute approximate surface area is 136 Å². The van der Waals surface area contributed by atoms with Gasteiger partial charge in [0.25, 0.3) is 0 Å². The fourth-order valence-electron chi connectivity index (χ4n) is 2.76. The van der Waals surface area contributed by atoms with E-state index < -0.39 is 0 Å². The molecule has 0 atom stereocenters. The lowest BCUT2D eigenvalue weighted by molar-refractivity contribution is 0.101. The minimum absolute atomic E-state index is 0.0446. The zero-order valence-corrected chi connectivity index (χ0v) is 13.9. The summed E-state index contributed by atoms with van der Waals surface area (Å²) in [5.74, 6) is 0.138. The molecule has 0 bridgehead atoms. The predicted molar refractivity (Wildman–Crippen MR) is 89.2 cm³/mol. The number of phenols is 2. The number of Topliss-reactive ketones (excluding diaryl/α,β-unsaturated/α-hetero) is 1. The van der Waals surface area contributed by atoms with Gasteiger partial charge in [-0.1, -0.05) is 12.1 Å². The largest absolute Gasteiger partial charge is 0.507 e. The molecule has 23 heavy (non-hydrogen) atoms. The molecule has 4 nitrogen and oxygen atoms in total. The minimum Gasteiger partial charge on any atom is -0.507 e. The third kappa shape index (κ3) is 3.71. The van der Waals surface area contributed by atoms with E-state index in [9.17, 15) is 15.0 Å². The molecule has 2 N–H and O–H groups in total. The molecule has 0 aliphatic heterocycles. The van der Waals surface area contributed by atoms with Crippen molar-refractivity contribution in [3.63, 3.8) is 0 Å². The Kier molecular flexibility index (Phi) is 5.06. The van der Waals surface area contributed by atoms with E-state index in [2.05, 4.69) is 0 Å². The number of carbonyl (C=O) groups excluding carboxylic acids is 1. The summed E-state index contributed by atoms with van der Waals surface area (Å²) in [6, 6.07) is 7.42. The van der Waals surface area contributed by atoms with Crippen LogP contribution in [0.25, 0.3) is 0 Å². The van der Waals surface area contributed by atoms with Crippen molar-refractivity contribution in [2.45, 2.75) is 33.8 Å². The monoisotopic (exact) mass is 314 g/mol. The molecule has 0 amide bonds. The Morgan fingerprint density at radius 2 is 1.57 bits per heavy atom. The van der Waals surface area contributed by atoms with E-state index in [-0.39, 0.29) is 17.3 Å². The van der Waals surface area contributed by atoms with Crippen LogP contribution in [0, 0.1) is 13.8 Å². The summed E-state index contributed by atoms with van der Waals surface area (Å²) >= 11 is 0. The summed E-state index contributed by atoms with van der Waals surface area (Å²) in [7, 11) is 1.59. The van der Waals surface area contributed by atoms with Gasteiger partial charge in [-0.2, -0.15) is 0 Å². The van der Waals surface area contributed by atoms with Gasteiger partial charge in [0.2, 0.25) is 0 Å². The van der Waals surface area contributed by atoms with Gasteiger partial charge in [-0.25, -0.2) is 0 Å². The zero-order valence-electron chi connectivity index (χ0n) is 13.9. The second-order valence-corrected chi connectivity index (χ2v) is 5.90. The fraction of sp³-hybridized carbons (Fsp3) is 0.316. The van der Waals surface area contributed by atoms with Gasteiger partial charge >= 0.3 is 0 Å². The van der Waals surface area contributed by atoms with E-state index in [0.29, 0.717) is 24.2 Å². The molecular weight excluding hydrogens is 292 g/mol. The van der Waals surface area contributed by atoms with Crippen molar-refractivity contribution in [1.82, 2.24) is 0 Å². The van der Waals surface area contributed by atoms with Gasteiger partial charge in [0.1, 0.15) is 11.5 Å².